The molecule has 1 saturated heterocycles. The van der Waals surface area contributed by atoms with Crippen LogP contribution in [-0.2, 0) is 51.9 Å². The van der Waals surface area contributed by atoms with Crippen LogP contribution in [-0.4, -0.2) is 134 Å². The summed E-state index contributed by atoms with van der Waals surface area (Å²) >= 11 is 0. The van der Waals surface area contributed by atoms with Crippen molar-refractivity contribution < 1.29 is 33.6 Å². The van der Waals surface area contributed by atoms with E-state index >= 15 is 9.59 Å². The van der Waals surface area contributed by atoms with Gasteiger partial charge in [-0.15, -0.1) is 6.58 Å². The summed E-state index contributed by atoms with van der Waals surface area (Å²) in [5.74, 6) is -4.16. The lowest BCUT2D eigenvalue weighted by Gasteiger charge is -2.38. The number of benzene rings is 2. The number of carbonyl (C=O) groups excluding carboxylic acids is 7. The Morgan fingerprint density at radius 2 is 1.42 bits per heavy atom. The Bertz CT molecular complexity index is 2730. The fraction of sp³-hybridized carbons (Fsp3) is 0.526. The lowest BCUT2D eigenvalue weighted by molar-refractivity contribution is -0.150. The minimum atomic E-state index is -1.26. The molecule has 17 nitrogen and oxygen atoms in total. The average molecular weight is 1020 g/mol. The fourth-order valence-electron chi connectivity index (χ4n) is 10.0. The lowest BCUT2D eigenvalue weighted by atomic mass is 9.97. The van der Waals surface area contributed by atoms with Gasteiger partial charge in [-0.3, -0.25) is 33.6 Å². The Labute approximate surface area is 436 Å². The number of para-hydroxylation sites is 1. The predicted octanol–water partition coefficient (Wildman–Crippen LogP) is 5.75. The van der Waals surface area contributed by atoms with Crippen molar-refractivity contribution in [2.75, 3.05) is 20.6 Å². The number of likely N-dealkylation sites (N-methyl/N-ethyl adjacent to an activating group) is 2. The summed E-state index contributed by atoms with van der Waals surface area (Å²) in [7, 11) is 3.03. The Hall–Kier alpha value is -6.91. The first-order valence-electron chi connectivity index (χ1n) is 26.3. The minimum absolute atomic E-state index is 0.0165. The minimum Gasteiger partial charge on any atom is -0.343 e. The van der Waals surface area contributed by atoms with Crippen LogP contribution in [0.25, 0.3) is 21.8 Å². The molecule has 4 aromatic rings. The number of hydrogen-bond donors (Lipinski definition) is 4. The summed E-state index contributed by atoms with van der Waals surface area (Å²) in [4.78, 5) is 108. The number of nitrogens with one attached hydrogen (secondary N) is 4. The summed E-state index contributed by atoms with van der Waals surface area (Å²) < 4.78 is 2.08. The molecular weight excluding hydrogens is 937 g/mol. The van der Waals surface area contributed by atoms with Gasteiger partial charge in [-0.25, -0.2) is 0 Å². The number of rotatable bonds is 13. The highest BCUT2D eigenvalue weighted by Gasteiger charge is 2.41. The summed E-state index contributed by atoms with van der Waals surface area (Å²) in [6.07, 6.45) is 11.7. The monoisotopic (exact) mass is 1010 g/mol. The molecule has 4 N–H and O–H groups in total. The van der Waals surface area contributed by atoms with Gasteiger partial charge in [0.05, 0.1) is 17.3 Å². The van der Waals surface area contributed by atoms with Gasteiger partial charge in [0.1, 0.15) is 42.3 Å². The van der Waals surface area contributed by atoms with Crippen LogP contribution in [0.15, 0.2) is 85.7 Å². The zero-order valence-electron chi connectivity index (χ0n) is 45.0. The van der Waals surface area contributed by atoms with Crippen LogP contribution in [0.2, 0.25) is 0 Å². The van der Waals surface area contributed by atoms with Crippen LogP contribution in [0.4, 0.5) is 0 Å². The summed E-state index contributed by atoms with van der Waals surface area (Å²) in [5, 5.41) is 21.8. The SMILES string of the molecule is C=CC(C)(C)n1cc(C[C@@H]2NC(=O)[C@H](CCCC)NC(=O)[C@H](CC(C)C)N3CC/C=C\C[C@@H](C3=O)N(C)C(=O)[C@H](C)NC(=O)[C@H](Cc3ccc4ccnnc4c3)NC(=O)[C@H](CC(C)C)N(C)C2=O)c2ccccc21. The molecule has 0 spiro atoms. The third-order valence-corrected chi connectivity index (χ3v) is 14.4. The quantitative estimate of drug-likeness (QED) is 0.120. The molecule has 2 aliphatic heterocycles. The van der Waals surface area contributed by atoms with Crippen LogP contribution >= 0.6 is 0 Å². The lowest BCUT2D eigenvalue weighted by Crippen LogP contribution is -2.61. The van der Waals surface area contributed by atoms with Crippen molar-refractivity contribution in [1.29, 1.82) is 0 Å². The highest BCUT2D eigenvalue weighted by molar-refractivity contribution is 5.99. The Morgan fingerprint density at radius 1 is 0.757 bits per heavy atom. The maximum Gasteiger partial charge on any atom is 0.246 e. The average Bonchev–Trinajstić information content (AvgIpc) is 3.74. The van der Waals surface area contributed by atoms with E-state index in [1.807, 2.05) is 115 Å². The predicted molar refractivity (Wildman–Crippen MR) is 287 cm³/mol. The van der Waals surface area contributed by atoms with Gasteiger partial charge in [-0.05, 0) is 94.0 Å². The Kier molecular flexibility index (Phi) is 19.0. The van der Waals surface area contributed by atoms with Crippen LogP contribution < -0.4 is 21.3 Å². The summed E-state index contributed by atoms with van der Waals surface area (Å²) in [5.41, 5.74) is 2.34. The van der Waals surface area contributed by atoms with E-state index in [1.54, 1.807) is 12.3 Å². The molecule has 2 aliphatic rings. The van der Waals surface area contributed by atoms with E-state index in [-0.39, 0.29) is 56.9 Å². The molecular formula is C57H78N10O7. The molecule has 0 unspecified atom stereocenters. The van der Waals surface area contributed by atoms with Gasteiger partial charge in [-0.2, -0.15) is 10.2 Å². The molecule has 1 fully saturated rings. The molecule has 4 heterocycles. The molecule has 7 atom stereocenters. The van der Waals surface area contributed by atoms with Crippen molar-refractivity contribution in [3.05, 3.63) is 96.9 Å². The molecule has 2 aromatic heterocycles. The second-order valence-corrected chi connectivity index (χ2v) is 21.5. The maximum absolute atomic E-state index is 15.4. The van der Waals surface area contributed by atoms with Gasteiger partial charge >= 0.3 is 0 Å². The van der Waals surface area contributed by atoms with Crippen LogP contribution in [0.1, 0.15) is 111 Å². The van der Waals surface area contributed by atoms with Gasteiger partial charge < -0.3 is 40.5 Å². The van der Waals surface area contributed by atoms with Gasteiger partial charge in [-0.1, -0.05) is 96.0 Å². The fourth-order valence-corrected chi connectivity index (χ4v) is 10.0. The molecule has 2 bridgehead atoms. The van der Waals surface area contributed by atoms with Crippen LogP contribution in [0, 0.1) is 11.8 Å². The summed E-state index contributed by atoms with van der Waals surface area (Å²) in [6.45, 7) is 19.6. The number of allylic oxidation sites excluding steroid dienone is 1. The molecule has 7 amide bonds. The van der Waals surface area contributed by atoms with E-state index in [9.17, 15) is 24.0 Å². The zero-order chi connectivity index (χ0) is 54.0. The first-order valence-corrected chi connectivity index (χ1v) is 26.3. The largest absolute Gasteiger partial charge is 0.343 e. The number of aromatic nitrogens is 3. The number of fused-ring (bicyclic) bond motifs is 4. The van der Waals surface area contributed by atoms with E-state index in [4.69, 9.17) is 0 Å². The number of unbranched alkanes of at least 4 members (excludes halogenated alkanes) is 1. The highest BCUT2D eigenvalue weighted by Crippen LogP contribution is 2.30. The Balaban J connectivity index is 1.50. The second kappa shape index (κ2) is 24.9. The second-order valence-electron chi connectivity index (χ2n) is 21.5. The standard InChI is InChI=1S/C57H78N10O7/c1-12-14-21-42-50(68)62-45(33-40-34-67(57(8,9)13-2)46-22-18-17-20-41(40)46)55(73)65(11)48(29-35(3)4)52(70)61-44(32-38-24-25-39-26-27-58-63-43(39)31-38)51(69)59-37(7)54(72)64(10)47-23-16-15-19-28-66(56(47)74)49(30-36(5)6)53(71)60-42/h13,15-18,20,22,24-27,31,34-37,42,44-45,47-49H,2,12,14,19,21,23,28-30,32-33H2,1,3-11H3,(H,59,69)(H,60,71)(H,61,70)(H,62,68)/b16-15-/t37-,42-,44-,45-,47-,48-,49-/m0/s1. The number of carbonyl (C=O) groups is 7. The van der Waals surface area contributed by atoms with E-state index in [0.29, 0.717) is 30.3 Å². The number of nitrogens with zero attached hydrogens (tertiary/aromatic N) is 6. The van der Waals surface area contributed by atoms with Crippen LogP contribution in [0.3, 0.4) is 0 Å². The first kappa shape index (κ1) is 56.4. The molecule has 0 radical (unpaired) electrons. The topological polar surface area (TPSA) is 208 Å². The van der Waals surface area contributed by atoms with Gasteiger partial charge in [0.2, 0.25) is 41.4 Å². The van der Waals surface area contributed by atoms with Crippen molar-refractivity contribution >= 4 is 63.2 Å². The van der Waals surface area contributed by atoms with Crippen molar-refractivity contribution in [3.63, 3.8) is 0 Å². The van der Waals surface area contributed by atoms with E-state index in [1.165, 1.54) is 35.7 Å². The molecule has 17 heteroatoms. The van der Waals surface area contributed by atoms with Crippen molar-refractivity contribution in [1.82, 2.24) is 50.7 Å². The van der Waals surface area contributed by atoms with Crippen LogP contribution in [0.5, 0.6) is 0 Å². The van der Waals surface area contributed by atoms with Gasteiger partial charge in [0, 0.05) is 56.0 Å². The number of amides is 7. The first-order chi connectivity index (χ1) is 35.1. The van der Waals surface area contributed by atoms with Crippen molar-refractivity contribution in [2.45, 2.75) is 161 Å². The normalized spacial score (nSPS) is 24.0. The maximum atomic E-state index is 15.4. The smallest absolute Gasteiger partial charge is 0.246 e. The van der Waals surface area contributed by atoms with E-state index in [2.05, 4.69) is 42.6 Å². The van der Waals surface area contributed by atoms with Gasteiger partial charge in [0.15, 0.2) is 0 Å². The third-order valence-electron chi connectivity index (χ3n) is 14.4. The highest BCUT2D eigenvalue weighted by atomic mass is 16.2. The summed E-state index contributed by atoms with van der Waals surface area (Å²) in [6, 6.07) is 7.11. The molecule has 0 aliphatic carbocycles. The molecule has 398 valence electrons. The van der Waals surface area contributed by atoms with Gasteiger partial charge in [0.25, 0.3) is 0 Å². The third kappa shape index (κ3) is 13.4. The van der Waals surface area contributed by atoms with E-state index in [0.717, 1.165) is 21.9 Å². The molecule has 74 heavy (non-hydrogen) atoms. The number of hydrogen-bond acceptors (Lipinski definition) is 9. The molecule has 0 saturated carbocycles. The zero-order valence-corrected chi connectivity index (χ0v) is 45.0. The Morgan fingerprint density at radius 3 is 2.12 bits per heavy atom. The van der Waals surface area contributed by atoms with E-state index < -0.39 is 89.2 Å². The van der Waals surface area contributed by atoms with Crippen molar-refractivity contribution in [2.24, 2.45) is 11.8 Å². The van der Waals surface area contributed by atoms with Crippen molar-refractivity contribution in [3.8, 4) is 0 Å². The molecule has 2 aromatic carbocycles. The molecule has 6 rings (SSSR count).